The maximum absolute atomic E-state index is 9.32. The second-order valence-corrected chi connectivity index (χ2v) is 9.45. The van der Waals surface area contributed by atoms with Gasteiger partial charge in [0.15, 0.2) is 5.60 Å². The highest BCUT2D eigenvalue weighted by atomic mass is 16.6. The van der Waals surface area contributed by atoms with Gasteiger partial charge in [0.1, 0.15) is 0 Å². The van der Waals surface area contributed by atoms with Crippen LogP contribution in [0.3, 0.4) is 0 Å². The Bertz CT molecular complexity index is 883. The van der Waals surface area contributed by atoms with E-state index in [1.165, 1.54) is 41.3 Å². The molecule has 1 aromatic heterocycles. The van der Waals surface area contributed by atoms with Crippen molar-refractivity contribution in [3.63, 3.8) is 0 Å². The first-order valence-electron chi connectivity index (χ1n) is 9.69. The maximum atomic E-state index is 9.32. The number of aryl methyl sites for hydroxylation is 1. The molecule has 142 valence electrons. The average Bonchev–Trinajstić information content (AvgIpc) is 3.40. The molecule has 1 saturated heterocycles. The Morgan fingerprint density at radius 3 is 2.04 bits per heavy atom. The van der Waals surface area contributed by atoms with Crippen LogP contribution < -0.4 is 5.46 Å². The van der Waals surface area contributed by atoms with Gasteiger partial charge in [-0.15, -0.1) is 0 Å². The minimum atomic E-state index is -1.50. The Morgan fingerprint density at radius 2 is 1.56 bits per heavy atom. The normalized spacial score (nSPS) is 25.0. The number of benzene rings is 1. The van der Waals surface area contributed by atoms with Crippen LogP contribution in [0.25, 0.3) is 0 Å². The van der Waals surface area contributed by atoms with Crippen molar-refractivity contribution in [3.05, 3.63) is 58.4 Å². The fourth-order valence-electron chi connectivity index (χ4n) is 4.47. The molecule has 2 heterocycles. The zero-order chi connectivity index (χ0) is 19.6. The molecule has 1 aromatic carbocycles. The van der Waals surface area contributed by atoms with Gasteiger partial charge in [0.05, 0.1) is 12.3 Å². The predicted molar refractivity (Wildman–Crippen MR) is 107 cm³/mol. The number of fused-ring (bicyclic) bond motifs is 1. The number of epoxide rings is 1. The fraction of sp³-hybridized carbons (Fsp3) is 0.500. The number of hydrogen-bond acceptors (Lipinski definition) is 4. The second kappa shape index (κ2) is 5.90. The van der Waals surface area contributed by atoms with Crippen LogP contribution in [-0.2, 0) is 21.2 Å². The Kier molecular flexibility index (Phi) is 4.08. The number of rotatable bonds is 3. The topological polar surface area (TPSA) is 65.9 Å². The van der Waals surface area contributed by atoms with Gasteiger partial charge in [-0.2, -0.15) is 0 Å². The van der Waals surface area contributed by atoms with Gasteiger partial charge in [-0.1, -0.05) is 45.9 Å². The maximum Gasteiger partial charge on any atom is 0.490 e. The largest absolute Gasteiger partial charge is 0.490 e. The van der Waals surface area contributed by atoms with Crippen molar-refractivity contribution >= 4 is 12.6 Å². The van der Waals surface area contributed by atoms with Crippen LogP contribution >= 0.6 is 0 Å². The smallest absolute Gasteiger partial charge is 0.423 e. The lowest BCUT2D eigenvalue weighted by molar-refractivity contribution is 0.325. The quantitative estimate of drug-likeness (QED) is 0.648. The second-order valence-electron chi connectivity index (χ2n) is 9.45. The summed E-state index contributed by atoms with van der Waals surface area (Å²) in [7, 11) is -1.50. The lowest BCUT2D eigenvalue weighted by atomic mass is 9.62. The number of hydrogen-bond donors (Lipinski definition) is 2. The van der Waals surface area contributed by atoms with Crippen LogP contribution in [0.5, 0.6) is 0 Å². The molecule has 1 fully saturated rings. The van der Waals surface area contributed by atoms with Crippen LogP contribution in [0.2, 0.25) is 0 Å². The van der Waals surface area contributed by atoms with Gasteiger partial charge in [0.25, 0.3) is 0 Å². The molecule has 0 amide bonds. The SMILES string of the molecule is Cc1cc2c(cc1C1(c3ccc(B(O)O)cn3)CO1)C(C)(C)CCC2(C)C. The summed E-state index contributed by atoms with van der Waals surface area (Å²) in [5.74, 6) is 0. The molecule has 0 spiro atoms. The van der Waals surface area contributed by atoms with Gasteiger partial charge in [0.2, 0.25) is 0 Å². The highest BCUT2D eigenvalue weighted by Gasteiger charge is 2.51. The number of nitrogens with zero attached hydrogens (tertiary/aromatic N) is 1. The Hall–Kier alpha value is -1.69. The summed E-state index contributed by atoms with van der Waals surface area (Å²) in [6, 6.07) is 8.24. The fourth-order valence-corrected chi connectivity index (χ4v) is 4.47. The van der Waals surface area contributed by atoms with Crippen molar-refractivity contribution in [2.75, 3.05) is 6.61 Å². The van der Waals surface area contributed by atoms with Crippen molar-refractivity contribution < 1.29 is 14.8 Å². The Morgan fingerprint density at radius 1 is 0.963 bits per heavy atom. The van der Waals surface area contributed by atoms with E-state index in [9.17, 15) is 10.0 Å². The van der Waals surface area contributed by atoms with E-state index >= 15 is 0 Å². The first kappa shape index (κ1) is 18.7. The Labute approximate surface area is 161 Å². The molecule has 4 nitrogen and oxygen atoms in total. The summed E-state index contributed by atoms with van der Waals surface area (Å²) in [4.78, 5) is 4.48. The molecule has 0 bridgehead atoms. The van der Waals surface area contributed by atoms with E-state index in [4.69, 9.17) is 4.74 Å². The van der Waals surface area contributed by atoms with Gasteiger partial charge in [0, 0.05) is 11.7 Å². The third kappa shape index (κ3) is 2.93. The van der Waals surface area contributed by atoms with Crippen molar-refractivity contribution in [1.29, 1.82) is 0 Å². The molecule has 1 aliphatic carbocycles. The van der Waals surface area contributed by atoms with E-state index in [1.807, 2.05) is 6.07 Å². The van der Waals surface area contributed by atoms with E-state index in [1.54, 1.807) is 6.07 Å². The average molecular weight is 365 g/mol. The lowest BCUT2D eigenvalue weighted by Gasteiger charge is -2.42. The molecule has 0 radical (unpaired) electrons. The van der Waals surface area contributed by atoms with Crippen molar-refractivity contribution in [2.45, 2.75) is 63.9 Å². The van der Waals surface area contributed by atoms with Gasteiger partial charge in [-0.25, -0.2) is 0 Å². The molecule has 4 rings (SSSR count). The van der Waals surface area contributed by atoms with E-state index in [0.717, 1.165) is 5.69 Å². The van der Waals surface area contributed by atoms with Crippen LogP contribution in [0.4, 0.5) is 0 Å². The lowest BCUT2D eigenvalue weighted by Crippen LogP contribution is -2.34. The summed E-state index contributed by atoms with van der Waals surface area (Å²) in [6.07, 6.45) is 3.88. The third-order valence-corrected chi connectivity index (χ3v) is 6.56. The molecule has 0 saturated carbocycles. The van der Waals surface area contributed by atoms with Gasteiger partial charge < -0.3 is 14.8 Å². The summed E-state index contributed by atoms with van der Waals surface area (Å²) < 4.78 is 5.97. The Balaban J connectivity index is 1.83. The molecular formula is C22H28BNO3. The number of pyridine rings is 1. The van der Waals surface area contributed by atoms with Crippen LogP contribution in [-0.4, -0.2) is 28.8 Å². The first-order chi connectivity index (χ1) is 12.6. The molecule has 1 aliphatic heterocycles. The highest BCUT2D eigenvalue weighted by molar-refractivity contribution is 6.58. The minimum absolute atomic E-state index is 0.141. The van der Waals surface area contributed by atoms with E-state index in [2.05, 4.69) is 51.7 Å². The summed E-state index contributed by atoms with van der Waals surface area (Å²) in [5.41, 5.74) is 6.28. The summed E-state index contributed by atoms with van der Waals surface area (Å²) in [6.45, 7) is 12.1. The molecule has 1 unspecified atom stereocenters. The zero-order valence-corrected chi connectivity index (χ0v) is 16.8. The third-order valence-electron chi connectivity index (χ3n) is 6.56. The van der Waals surface area contributed by atoms with Crippen molar-refractivity contribution in [2.24, 2.45) is 0 Å². The van der Waals surface area contributed by atoms with E-state index in [0.29, 0.717) is 12.1 Å². The summed E-state index contributed by atoms with van der Waals surface area (Å²) in [5, 5.41) is 18.6. The van der Waals surface area contributed by atoms with Crippen molar-refractivity contribution in [1.82, 2.24) is 4.98 Å². The van der Waals surface area contributed by atoms with Gasteiger partial charge in [-0.05, 0) is 58.9 Å². The van der Waals surface area contributed by atoms with Crippen LogP contribution in [0.15, 0.2) is 30.5 Å². The number of ether oxygens (including phenoxy) is 1. The molecule has 1 atom stereocenters. The predicted octanol–water partition coefficient (Wildman–Crippen LogP) is 2.69. The highest BCUT2D eigenvalue weighted by Crippen LogP contribution is 2.51. The van der Waals surface area contributed by atoms with Crippen LogP contribution in [0, 0.1) is 6.92 Å². The van der Waals surface area contributed by atoms with Crippen LogP contribution in [0.1, 0.15) is 68.5 Å². The molecule has 2 N–H and O–H groups in total. The number of aromatic nitrogens is 1. The van der Waals surface area contributed by atoms with Gasteiger partial charge >= 0.3 is 7.12 Å². The molecule has 5 heteroatoms. The molecular weight excluding hydrogens is 337 g/mol. The molecule has 27 heavy (non-hydrogen) atoms. The van der Waals surface area contributed by atoms with E-state index in [-0.39, 0.29) is 10.8 Å². The monoisotopic (exact) mass is 365 g/mol. The van der Waals surface area contributed by atoms with Crippen molar-refractivity contribution in [3.8, 4) is 0 Å². The minimum Gasteiger partial charge on any atom is -0.423 e. The molecule has 2 aliphatic rings. The summed E-state index contributed by atoms with van der Waals surface area (Å²) >= 11 is 0. The molecule has 2 aromatic rings. The first-order valence-corrected chi connectivity index (χ1v) is 9.69. The van der Waals surface area contributed by atoms with E-state index < -0.39 is 12.7 Å². The zero-order valence-electron chi connectivity index (χ0n) is 16.8. The van der Waals surface area contributed by atoms with Gasteiger partial charge in [-0.3, -0.25) is 4.98 Å². The standard InChI is InChI=1S/C22H28BNO3/c1-14-10-17-18(21(4,5)9-8-20(17,2)3)11-16(14)22(13-27-22)19-7-6-15(12-24-19)23(25)26/h6-7,10-12,25-26H,8-9,13H2,1-5H3.